The second-order valence-corrected chi connectivity index (χ2v) is 8.67. The van der Waals surface area contributed by atoms with Crippen molar-refractivity contribution < 1.29 is 13.2 Å². The zero-order valence-electron chi connectivity index (χ0n) is 14.4. The van der Waals surface area contributed by atoms with Crippen LogP contribution in [0.1, 0.15) is 18.4 Å². The molecule has 0 N–H and O–H groups in total. The number of sulfonamides is 1. The molecule has 0 saturated carbocycles. The van der Waals surface area contributed by atoms with Gasteiger partial charge in [-0.05, 0) is 43.0 Å². The van der Waals surface area contributed by atoms with Crippen LogP contribution in [0.4, 0.5) is 5.69 Å². The Kier molecular flexibility index (Phi) is 4.50. The number of benzene rings is 1. The third-order valence-corrected chi connectivity index (χ3v) is 7.11. The summed E-state index contributed by atoms with van der Waals surface area (Å²) in [5.74, 6) is -0.00474. The highest BCUT2D eigenvalue weighted by Gasteiger charge is 2.35. The first kappa shape index (κ1) is 17.2. The lowest BCUT2D eigenvalue weighted by Crippen LogP contribution is -2.44. The van der Waals surface area contributed by atoms with E-state index in [0.29, 0.717) is 32.5 Å². The van der Waals surface area contributed by atoms with Crippen LogP contribution in [0.25, 0.3) is 0 Å². The van der Waals surface area contributed by atoms with E-state index in [9.17, 15) is 13.2 Å². The van der Waals surface area contributed by atoms with Crippen molar-refractivity contribution >= 4 is 21.6 Å². The number of para-hydroxylation sites is 1. The maximum atomic E-state index is 12.9. The molecule has 2 aliphatic rings. The van der Waals surface area contributed by atoms with Crippen molar-refractivity contribution in [2.24, 2.45) is 5.92 Å². The topological polar surface area (TPSA) is 70.6 Å². The summed E-state index contributed by atoms with van der Waals surface area (Å²) in [5, 5.41) is 0. The van der Waals surface area contributed by atoms with Gasteiger partial charge in [-0.25, -0.2) is 8.42 Å². The van der Waals surface area contributed by atoms with Crippen molar-refractivity contribution in [1.29, 1.82) is 0 Å². The highest BCUT2D eigenvalue weighted by molar-refractivity contribution is 7.89. The number of hydrogen-bond acceptors (Lipinski definition) is 4. The van der Waals surface area contributed by atoms with Gasteiger partial charge in [0.05, 0.1) is 0 Å². The molecule has 7 heteroatoms. The Morgan fingerprint density at radius 2 is 1.81 bits per heavy atom. The number of carbonyl (C=O) groups excluding carboxylic acids is 1. The maximum Gasteiger partial charge on any atom is 0.244 e. The Balaban J connectivity index is 1.44. The fourth-order valence-electron chi connectivity index (χ4n) is 3.78. The smallest absolute Gasteiger partial charge is 0.244 e. The number of pyridine rings is 1. The van der Waals surface area contributed by atoms with E-state index in [1.807, 2.05) is 23.1 Å². The summed E-state index contributed by atoms with van der Waals surface area (Å²) >= 11 is 0. The summed E-state index contributed by atoms with van der Waals surface area (Å²) in [4.78, 5) is 18.9. The first-order valence-electron chi connectivity index (χ1n) is 8.87. The molecule has 26 heavy (non-hydrogen) atoms. The van der Waals surface area contributed by atoms with Gasteiger partial charge in [-0.1, -0.05) is 18.2 Å². The molecule has 1 saturated heterocycles. The van der Waals surface area contributed by atoms with Crippen molar-refractivity contribution in [1.82, 2.24) is 9.29 Å². The molecule has 2 aliphatic heterocycles. The van der Waals surface area contributed by atoms with Crippen LogP contribution in [-0.2, 0) is 21.2 Å². The van der Waals surface area contributed by atoms with Gasteiger partial charge in [-0.2, -0.15) is 4.31 Å². The molecule has 0 radical (unpaired) electrons. The molecule has 1 aromatic heterocycles. The van der Waals surface area contributed by atoms with E-state index in [1.165, 1.54) is 16.1 Å². The molecule has 6 nitrogen and oxygen atoms in total. The predicted octanol–water partition coefficient (Wildman–Crippen LogP) is 2.07. The number of rotatable bonds is 3. The highest BCUT2D eigenvalue weighted by Crippen LogP contribution is 2.31. The lowest BCUT2D eigenvalue weighted by atomic mass is 9.96. The largest absolute Gasteiger partial charge is 0.312 e. The number of amides is 1. The third-order valence-electron chi connectivity index (χ3n) is 5.23. The highest BCUT2D eigenvalue weighted by atomic mass is 32.2. The van der Waals surface area contributed by atoms with Crippen LogP contribution in [0, 0.1) is 5.92 Å². The van der Waals surface area contributed by atoms with Gasteiger partial charge >= 0.3 is 0 Å². The van der Waals surface area contributed by atoms with Crippen molar-refractivity contribution in [2.75, 3.05) is 24.5 Å². The van der Waals surface area contributed by atoms with Crippen molar-refractivity contribution in [3.63, 3.8) is 0 Å². The second kappa shape index (κ2) is 6.81. The van der Waals surface area contributed by atoms with Crippen molar-refractivity contribution in [2.45, 2.75) is 24.2 Å². The Labute approximate surface area is 153 Å². The zero-order chi connectivity index (χ0) is 18.1. The van der Waals surface area contributed by atoms with Crippen LogP contribution in [0.2, 0.25) is 0 Å². The number of hydrogen-bond donors (Lipinski definition) is 0. The van der Waals surface area contributed by atoms with E-state index in [1.54, 1.807) is 18.3 Å². The molecule has 1 fully saturated rings. The second-order valence-electron chi connectivity index (χ2n) is 6.74. The fourth-order valence-corrected chi connectivity index (χ4v) is 5.21. The van der Waals surface area contributed by atoms with E-state index in [-0.39, 0.29) is 16.7 Å². The van der Waals surface area contributed by atoms with Crippen molar-refractivity contribution in [3.05, 3.63) is 54.4 Å². The molecule has 136 valence electrons. The molecular weight excluding hydrogens is 350 g/mol. The van der Waals surface area contributed by atoms with E-state index < -0.39 is 10.0 Å². The Morgan fingerprint density at radius 1 is 1.04 bits per heavy atom. The summed E-state index contributed by atoms with van der Waals surface area (Å²) in [6.07, 6.45) is 4.91. The van der Waals surface area contributed by atoms with Gasteiger partial charge in [0, 0.05) is 43.6 Å². The number of piperidine rings is 1. The monoisotopic (exact) mass is 371 g/mol. The van der Waals surface area contributed by atoms with Crippen LogP contribution in [-0.4, -0.2) is 43.2 Å². The zero-order valence-corrected chi connectivity index (χ0v) is 15.2. The first-order chi connectivity index (χ1) is 12.6. The summed E-state index contributed by atoms with van der Waals surface area (Å²) < 4.78 is 26.8. The molecule has 0 unspecified atom stereocenters. The van der Waals surface area contributed by atoms with Crippen LogP contribution < -0.4 is 4.90 Å². The number of anilines is 1. The van der Waals surface area contributed by atoms with Gasteiger partial charge in [-0.3, -0.25) is 9.78 Å². The molecule has 0 spiro atoms. The minimum Gasteiger partial charge on any atom is -0.312 e. The lowest BCUT2D eigenvalue weighted by Gasteiger charge is -2.32. The third kappa shape index (κ3) is 3.01. The van der Waals surface area contributed by atoms with Crippen molar-refractivity contribution in [3.8, 4) is 0 Å². The number of aromatic nitrogens is 1. The number of carbonyl (C=O) groups is 1. The molecule has 3 heterocycles. The Bertz CT molecular complexity index is 907. The number of fused-ring (bicyclic) bond motifs is 1. The summed E-state index contributed by atoms with van der Waals surface area (Å²) in [7, 11) is -3.53. The lowest BCUT2D eigenvalue weighted by molar-refractivity contribution is -0.123. The minimum atomic E-state index is -3.53. The quantitative estimate of drug-likeness (QED) is 0.828. The fraction of sp³-hybridized carbons (Fsp3) is 0.368. The Morgan fingerprint density at radius 3 is 2.54 bits per heavy atom. The van der Waals surface area contributed by atoms with Crippen LogP contribution in [0.5, 0.6) is 0 Å². The van der Waals surface area contributed by atoms with E-state index in [0.717, 1.165) is 12.1 Å². The molecule has 4 rings (SSSR count). The minimum absolute atomic E-state index is 0.119. The molecular formula is C19H21N3O3S. The molecule has 1 amide bonds. The van der Waals surface area contributed by atoms with Gasteiger partial charge in [0.2, 0.25) is 15.9 Å². The maximum absolute atomic E-state index is 12.9. The van der Waals surface area contributed by atoms with Crippen LogP contribution in [0.15, 0.2) is 53.7 Å². The van der Waals surface area contributed by atoms with Gasteiger partial charge in [0.25, 0.3) is 0 Å². The van der Waals surface area contributed by atoms with Gasteiger partial charge < -0.3 is 4.90 Å². The standard InChI is InChI=1S/C19H21N3O3S/c23-19(22-13-9-15-4-1-2-6-18(15)22)16-7-11-21(12-8-16)26(24,25)17-5-3-10-20-14-17/h1-6,10,14,16H,7-9,11-13H2. The van der Waals surface area contributed by atoms with E-state index >= 15 is 0 Å². The molecule has 1 aromatic carbocycles. The predicted molar refractivity (Wildman–Crippen MR) is 98.2 cm³/mol. The average Bonchev–Trinajstić information content (AvgIpc) is 3.12. The van der Waals surface area contributed by atoms with Crippen LogP contribution in [0.3, 0.4) is 0 Å². The van der Waals surface area contributed by atoms with Gasteiger partial charge in [0.15, 0.2) is 0 Å². The van der Waals surface area contributed by atoms with Gasteiger partial charge in [-0.15, -0.1) is 0 Å². The first-order valence-corrected chi connectivity index (χ1v) is 10.3. The normalized spacial score (nSPS) is 18.7. The Hall–Kier alpha value is -2.25. The average molecular weight is 371 g/mol. The van der Waals surface area contributed by atoms with E-state index in [4.69, 9.17) is 0 Å². The van der Waals surface area contributed by atoms with E-state index in [2.05, 4.69) is 11.1 Å². The molecule has 0 bridgehead atoms. The van der Waals surface area contributed by atoms with Gasteiger partial charge in [0.1, 0.15) is 4.90 Å². The van der Waals surface area contributed by atoms with Crippen LogP contribution >= 0.6 is 0 Å². The molecule has 0 atom stereocenters. The summed E-state index contributed by atoms with van der Waals surface area (Å²) in [5.41, 5.74) is 2.21. The SMILES string of the molecule is O=C(C1CCN(S(=O)(=O)c2cccnc2)CC1)N1CCc2ccccc21. The summed E-state index contributed by atoms with van der Waals surface area (Å²) in [6, 6.07) is 11.2. The summed E-state index contributed by atoms with van der Waals surface area (Å²) in [6.45, 7) is 1.44. The molecule has 0 aliphatic carbocycles. The molecule has 2 aromatic rings. The number of nitrogens with zero attached hydrogens (tertiary/aromatic N) is 3.